The van der Waals surface area contributed by atoms with Gasteiger partial charge in [0.2, 0.25) is 18.6 Å². The molecule has 0 bridgehead atoms. The number of oxazole rings is 1. The van der Waals surface area contributed by atoms with Gasteiger partial charge in [0, 0.05) is 12.1 Å². The molecule has 0 radical (unpaired) electrons. The number of aromatic nitrogens is 1. The van der Waals surface area contributed by atoms with Crippen molar-refractivity contribution >= 4 is 5.91 Å². The van der Waals surface area contributed by atoms with Crippen LogP contribution in [0.25, 0.3) is 11.5 Å². The molecule has 2 aromatic carbocycles. The van der Waals surface area contributed by atoms with Gasteiger partial charge in [-0.25, -0.2) is 4.98 Å². The van der Waals surface area contributed by atoms with Gasteiger partial charge in [0.1, 0.15) is 11.5 Å². The molecule has 1 aliphatic heterocycles. The van der Waals surface area contributed by atoms with Crippen molar-refractivity contribution in [1.82, 2.24) is 10.3 Å². The summed E-state index contributed by atoms with van der Waals surface area (Å²) < 4.78 is 21.7. The average Bonchev–Trinajstić information content (AvgIpc) is 3.34. The van der Waals surface area contributed by atoms with Crippen LogP contribution < -0.4 is 19.5 Å². The third-order valence-corrected chi connectivity index (χ3v) is 4.71. The largest absolute Gasteiger partial charge is 0.497 e. The summed E-state index contributed by atoms with van der Waals surface area (Å²) in [7, 11) is 1.61. The minimum Gasteiger partial charge on any atom is -0.497 e. The summed E-state index contributed by atoms with van der Waals surface area (Å²) in [5, 5.41) is 2.93. The number of methoxy groups -OCH3 is 1. The zero-order valence-electron chi connectivity index (χ0n) is 16.4. The van der Waals surface area contributed by atoms with E-state index in [0.717, 1.165) is 28.4 Å². The lowest BCUT2D eigenvalue weighted by molar-refractivity contribution is -0.120. The summed E-state index contributed by atoms with van der Waals surface area (Å²) in [6.45, 7) is 2.59. The molecule has 4 rings (SSSR count). The molecular formula is C22H22N2O5. The van der Waals surface area contributed by atoms with E-state index in [4.69, 9.17) is 18.6 Å². The van der Waals surface area contributed by atoms with Crippen molar-refractivity contribution in [2.24, 2.45) is 0 Å². The minimum absolute atomic E-state index is 0.0978. The van der Waals surface area contributed by atoms with Gasteiger partial charge in [-0.2, -0.15) is 0 Å². The van der Waals surface area contributed by atoms with Crippen LogP contribution in [-0.2, 0) is 17.6 Å². The Labute approximate surface area is 168 Å². The zero-order chi connectivity index (χ0) is 20.2. The van der Waals surface area contributed by atoms with E-state index in [-0.39, 0.29) is 19.1 Å². The molecule has 0 saturated carbocycles. The fourth-order valence-corrected chi connectivity index (χ4v) is 3.13. The van der Waals surface area contributed by atoms with E-state index < -0.39 is 0 Å². The Morgan fingerprint density at radius 2 is 2.03 bits per heavy atom. The molecule has 0 atom stereocenters. The van der Waals surface area contributed by atoms with Crippen molar-refractivity contribution in [2.45, 2.75) is 19.8 Å². The second-order valence-electron chi connectivity index (χ2n) is 6.72. The van der Waals surface area contributed by atoms with E-state index >= 15 is 0 Å². The topological polar surface area (TPSA) is 82.8 Å². The van der Waals surface area contributed by atoms with Crippen molar-refractivity contribution in [3.8, 4) is 28.7 Å². The summed E-state index contributed by atoms with van der Waals surface area (Å²) >= 11 is 0. The summed E-state index contributed by atoms with van der Waals surface area (Å²) in [5.41, 5.74) is 2.51. The maximum Gasteiger partial charge on any atom is 0.231 e. The Morgan fingerprint density at radius 1 is 1.17 bits per heavy atom. The van der Waals surface area contributed by atoms with Crippen molar-refractivity contribution in [2.75, 3.05) is 20.4 Å². The SMILES string of the molecule is COc1cccc(-c2nc(CC(=O)NCCc3ccc4c(c3)OCO4)c(C)o2)c1. The van der Waals surface area contributed by atoms with Crippen LogP contribution in [0.2, 0.25) is 0 Å². The maximum absolute atomic E-state index is 12.3. The number of amides is 1. The van der Waals surface area contributed by atoms with Crippen LogP contribution in [0.15, 0.2) is 46.9 Å². The van der Waals surface area contributed by atoms with Crippen LogP contribution >= 0.6 is 0 Å². The van der Waals surface area contributed by atoms with E-state index in [1.807, 2.05) is 49.4 Å². The first-order valence-corrected chi connectivity index (χ1v) is 9.38. The van der Waals surface area contributed by atoms with Gasteiger partial charge in [0.05, 0.1) is 19.2 Å². The number of carbonyl (C=O) groups excluding carboxylic acids is 1. The third kappa shape index (κ3) is 4.34. The molecule has 3 aromatic rings. The number of rotatable bonds is 7. The molecule has 7 nitrogen and oxygen atoms in total. The van der Waals surface area contributed by atoms with Crippen molar-refractivity contribution in [3.63, 3.8) is 0 Å². The molecule has 150 valence electrons. The van der Waals surface area contributed by atoms with Crippen molar-refractivity contribution in [1.29, 1.82) is 0 Å². The number of hydrogen-bond acceptors (Lipinski definition) is 6. The predicted molar refractivity (Wildman–Crippen MR) is 106 cm³/mol. The highest BCUT2D eigenvalue weighted by atomic mass is 16.7. The second kappa shape index (κ2) is 8.26. The first kappa shape index (κ1) is 18.9. The van der Waals surface area contributed by atoms with Crippen LogP contribution in [0.1, 0.15) is 17.0 Å². The third-order valence-electron chi connectivity index (χ3n) is 4.71. The van der Waals surface area contributed by atoms with Gasteiger partial charge in [-0.15, -0.1) is 0 Å². The van der Waals surface area contributed by atoms with E-state index in [1.165, 1.54) is 0 Å². The highest BCUT2D eigenvalue weighted by Crippen LogP contribution is 2.32. The molecule has 1 amide bonds. The number of nitrogens with zero attached hydrogens (tertiary/aromatic N) is 1. The van der Waals surface area contributed by atoms with E-state index in [9.17, 15) is 4.79 Å². The summed E-state index contributed by atoms with van der Waals surface area (Å²) in [6.07, 6.45) is 0.871. The van der Waals surface area contributed by atoms with E-state index in [2.05, 4.69) is 10.3 Å². The Morgan fingerprint density at radius 3 is 2.90 bits per heavy atom. The van der Waals surface area contributed by atoms with Crippen molar-refractivity contribution < 1.29 is 23.4 Å². The van der Waals surface area contributed by atoms with Gasteiger partial charge in [-0.3, -0.25) is 4.79 Å². The second-order valence-corrected chi connectivity index (χ2v) is 6.72. The Bertz CT molecular complexity index is 1030. The predicted octanol–water partition coefficient (Wildman–Crippen LogP) is 3.29. The van der Waals surface area contributed by atoms with Gasteiger partial charge in [-0.1, -0.05) is 12.1 Å². The fourth-order valence-electron chi connectivity index (χ4n) is 3.13. The molecule has 2 heterocycles. The Kier molecular flexibility index (Phi) is 5.37. The van der Waals surface area contributed by atoms with Crippen LogP contribution in [0, 0.1) is 6.92 Å². The normalized spacial score (nSPS) is 12.1. The zero-order valence-corrected chi connectivity index (χ0v) is 16.4. The highest BCUT2D eigenvalue weighted by molar-refractivity contribution is 5.78. The van der Waals surface area contributed by atoms with Crippen molar-refractivity contribution in [3.05, 3.63) is 59.5 Å². The van der Waals surface area contributed by atoms with E-state index in [0.29, 0.717) is 30.3 Å². The summed E-state index contributed by atoms with van der Waals surface area (Å²) in [6, 6.07) is 13.3. The molecule has 0 aliphatic carbocycles. The van der Waals surface area contributed by atoms with E-state index in [1.54, 1.807) is 7.11 Å². The van der Waals surface area contributed by atoms with Gasteiger partial charge in [0.15, 0.2) is 11.5 Å². The molecule has 1 aromatic heterocycles. The number of benzene rings is 2. The number of nitrogens with one attached hydrogen (secondary N) is 1. The number of carbonyl (C=O) groups is 1. The molecule has 0 spiro atoms. The lowest BCUT2D eigenvalue weighted by atomic mass is 10.1. The minimum atomic E-state index is -0.0978. The molecule has 7 heteroatoms. The van der Waals surface area contributed by atoms with Gasteiger partial charge < -0.3 is 23.9 Å². The first-order valence-electron chi connectivity index (χ1n) is 9.38. The number of fused-ring (bicyclic) bond motifs is 1. The van der Waals surface area contributed by atoms with Crippen LogP contribution in [0.3, 0.4) is 0 Å². The molecule has 0 saturated heterocycles. The fraction of sp³-hybridized carbons (Fsp3) is 0.273. The Balaban J connectivity index is 1.33. The van der Waals surface area contributed by atoms with Gasteiger partial charge in [-0.05, 0) is 49.2 Å². The van der Waals surface area contributed by atoms with Gasteiger partial charge in [0.25, 0.3) is 0 Å². The smallest absolute Gasteiger partial charge is 0.231 e. The first-order chi connectivity index (χ1) is 14.1. The molecule has 1 N–H and O–H groups in total. The molecular weight excluding hydrogens is 372 g/mol. The molecule has 0 fully saturated rings. The molecule has 29 heavy (non-hydrogen) atoms. The average molecular weight is 394 g/mol. The molecule has 1 aliphatic rings. The number of hydrogen-bond donors (Lipinski definition) is 1. The monoisotopic (exact) mass is 394 g/mol. The molecule has 0 unspecified atom stereocenters. The van der Waals surface area contributed by atoms with Crippen LogP contribution in [-0.4, -0.2) is 31.3 Å². The summed E-state index contributed by atoms with van der Waals surface area (Å²) in [5.74, 6) is 3.24. The lowest BCUT2D eigenvalue weighted by Crippen LogP contribution is -2.27. The van der Waals surface area contributed by atoms with Crippen LogP contribution in [0.4, 0.5) is 0 Å². The van der Waals surface area contributed by atoms with Gasteiger partial charge >= 0.3 is 0 Å². The van der Waals surface area contributed by atoms with Crippen LogP contribution in [0.5, 0.6) is 17.2 Å². The standard InChI is InChI=1S/C22H22N2O5/c1-14-18(24-22(29-14)16-4-3-5-17(11-16)26-2)12-21(25)23-9-8-15-6-7-19-20(10-15)28-13-27-19/h3-7,10-11H,8-9,12-13H2,1-2H3,(H,23,25). The lowest BCUT2D eigenvalue weighted by Gasteiger charge is -2.05. The maximum atomic E-state index is 12.3. The Hall–Kier alpha value is -3.48. The quantitative estimate of drug-likeness (QED) is 0.662. The number of aryl methyl sites for hydroxylation is 1. The highest BCUT2D eigenvalue weighted by Gasteiger charge is 2.16. The number of ether oxygens (including phenoxy) is 3. The summed E-state index contributed by atoms with van der Waals surface area (Å²) in [4.78, 5) is 16.8.